The van der Waals surface area contributed by atoms with Crippen molar-refractivity contribution >= 4 is 16.0 Å². The first-order valence-electron chi connectivity index (χ1n) is 9.50. The Labute approximate surface area is 167 Å². The summed E-state index contributed by atoms with van der Waals surface area (Å²) >= 11 is 0. The van der Waals surface area contributed by atoms with Crippen LogP contribution in [-0.4, -0.2) is 38.4 Å². The van der Waals surface area contributed by atoms with Gasteiger partial charge in [-0.15, -0.1) is 0 Å². The highest BCUT2D eigenvalue weighted by Gasteiger charge is 2.45. The Balaban J connectivity index is 1.95. The van der Waals surface area contributed by atoms with Crippen molar-refractivity contribution in [3.05, 3.63) is 65.3 Å². The molecule has 28 heavy (non-hydrogen) atoms. The van der Waals surface area contributed by atoms with Crippen LogP contribution in [-0.2, 0) is 19.6 Å². The maximum atomic E-state index is 13.1. The van der Waals surface area contributed by atoms with Gasteiger partial charge < -0.3 is 4.74 Å². The summed E-state index contributed by atoms with van der Waals surface area (Å²) in [6, 6.07) is 6.91. The SMILES string of the molecule is C=C1CC/C(=C/C(=O)OCC)C=C2CN(S(=O)(=O)c3ccc(C)cc3)C[C@]12C. The molecule has 3 rings (SSSR count). The van der Waals surface area contributed by atoms with Crippen molar-refractivity contribution in [3.63, 3.8) is 0 Å². The number of carbonyl (C=O) groups excluding carboxylic acids is 1. The molecular formula is C22H27NO4S. The number of hydrogen-bond acceptors (Lipinski definition) is 4. The third-order valence-electron chi connectivity index (χ3n) is 5.65. The number of sulfonamides is 1. The maximum absolute atomic E-state index is 13.1. The molecule has 0 amide bonds. The van der Waals surface area contributed by atoms with Crippen LogP contribution in [0, 0.1) is 12.3 Å². The molecule has 1 atom stereocenters. The Morgan fingerprint density at radius 1 is 1.29 bits per heavy atom. The van der Waals surface area contributed by atoms with Gasteiger partial charge in [0.2, 0.25) is 10.0 Å². The molecule has 0 saturated carbocycles. The van der Waals surface area contributed by atoms with E-state index in [1.54, 1.807) is 31.2 Å². The first-order chi connectivity index (χ1) is 13.2. The molecule has 150 valence electrons. The van der Waals surface area contributed by atoms with E-state index in [0.29, 0.717) is 37.4 Å². The number of allylic oxidation sites excluding steroid dienone is 2. The molecule has 5 nitrogen and oxygen atoms in total. The highest BCUT2D eigenvalue weighted by Crippen LogP contribution is 2.47. The number of fused-ring (bicyclic) bond motifs is 1. The maximum Gasteiger partial charge on any atom is 0.331 e. The molecule has 0 spiro atoms. The first-order valence-corrected chi connectivity index (χ1v) is 10.9. The second kappa shape index (κ2) is 7.68. The standard InChI is InChI=1S/C22H27NO4S/c1-5-27-21(24)13-18-9-8-17(3)22(4)15-23(14-19(22)12-18)28(25,26)20-10-6-16(2)7-11-20/h6-7,10-13H,3,5,8-9,14-15H2,1-2,4H3/b18-13-/t22-/m1/s1. The van der Waals surface area contributed by atoms with Crippen LogP contribution in [0.1, 0.15) is 32.3 Å². The summed E-state index contributed by atoms with van der Waals surface area (Å²) in [5.74, 6) is -0.370. The Morgan fingerprint density at radius 3 is 2.61 bits per heavy atom. The zero-order valence-electron chi connectivity index (χ0n) is 16.7. The summed E-state index contributed by atoms with van der Waals surface area (Å²) in [5, 5.41) is 0. The van der Waals surface area contributed by atoms with E-state index in [0.717, 1.165) is 22.3 Å². The summed E-state index contributed by atoms with van der Waals surface area (Å²) in [7, 11) is -3.60. The highest BCUT2D eigenvalue weighted by molar-refractivity contribution is 7.89. The molecule has 0 N–H and O–H groups in total. The largest absolute Gasteiger partial charge is 0.463 e. The number of aryl methyl sites for hydroxylation is 1. The first kappa shape index (κ1) is 20.6. The number of carbonyl (C=O) groups is 1. The number of ether oxygens (including phenoxy) is 1. The average Bonchev–Trinajstić information content (AvgIpc) is 2.93. The van der Waals surface area contributed by atoms with Crippen molar-refractivity contribution < 1.29 is 17.9 Å². The molecule has 1 aromatic carbocycles. The molecule has 1 aliphatic carbocycles. The van der Waals surface area contributed by atoms with Gasteiger partial charge in [0.05, 0.1) is 11.5 Å². The third-order valence-corrected chi connectivity index (χ3v) is 7.46. The van der Waals surface area contributed by atoms with E-state index < -0.39 is 15.4 Å². The van der Waals surface area contributed by atoms with Gasteiger partial charge in [0.15, 0.2) is 0 Å². The normalized spacial score (nSPS) is 24.6. The number of nitrogens with zero attached hydrogens (tertiary/aromatic N) is 1. The number of hydrogen-bond donors (Lipinski definition) is 0. The summed E-state index contributed by atoms with van der Waals surface area (Å²) in [6.07, 6.45) is 4.87. The van der Waals surface area contributed by atoms with Gasteiger partial charge in [0.25, 0.3) is 0 Å². The fourth-order valence-electron chi connectivity index (χ4n) is 3.76. The summed E-state index contributed by atoms with van der Waals surface area (Å²) in [5.41, 5.74) is 3.41. The van der Waals surface area contributed by atoms with Crippen molar-refractivity contribution in [2.45, 2.75) is 38.5 Å². The molecule has 1 fully saturated rings. The predicted octanol–water partition coefficient (Wildman–Crippen LogP) is 3.77. The van der Waals surface area contributed by atoms with E-state index in [-0.39, 0.29) is 5.97 Å². The van der Waals surface area contributed by atoms with Crippen molar-refractivity contribution in [1.29, 1.82) is 0 Å². The van der Waals surface area contributed by atoms with E-state index in [1.165, 1.54) is 10.4 Å². The lowest BCUT2D eigenvalue weighted by molar-refractivity contribution is -0.137. The number of rotatable bonds is 4. The Morgan fingerprint density at radius 2 is 1.96 bits per heavy atom. The molecule has 2 aliphatic rings. The molecular weight excluding hydrogens is 374 g/mol. The Kier molecular flexibility index (Phi) is 5.64. The van der Waals surface area contributed by atoms with Crippen molar-refractivity contribution in [2.24, 2.45) is 5.41 Å². The van der Waals surface area contributed by atoms with Crippen LogP contribution >= 0.6 is 0 Å². The fraction of sp³-hybridized carbons (Fsp3) is 0.409. The van der Waals surface area contributed by atoms with Gasteiger partial charge in [0, 0.05) is 24.6 Å². The van der Waals surface area contributed by atoms with Crippen molar-refractivity contribution in [2.75, 3.05) is 19.7 Å². The van der Waals surface area contributed by atoms with E-state index in [9.17, 15) is 13.2 Å². The fourth-order valence-corrected chi connectivity index (χ4v) is 5.28. The van der Waals surface area contributed by atoms with Gasteiger partial charge in [-0.1, -0.05) is 42.8 Å². The van der Waals surface area contributed by atoms with E-state index in [1.807, 2.05) is 19.9 Å². The quantitative estimate of drug-likeness (QED) is 0.438. The highest BCUT2D eigenvalue weighted by atomic mass is 32.2. The van der Waals surface area contributed by atoms with Crippen LogP contribution in [0.3, 0.4) is 0 Å². The number of esters is 1. The molecule has 1 aliphatic heterocycles. The monoisotopic (exact) mass is 401 g/mol. The summed E-state index contributed by atoms with van der Waals surface area (Å²) in [6.45, 7) is 11.0. The van der Waals surface area contributed by atoms with Crippen LogP contribution in [0.2, 0.25) is 0 Å². The van der Waals surface area contributed by atoms with Gasteiger partial charge >= 0.3 is 5.97 Å². The zero-order chi connectivity index (χ0) is 20.5. The van der Waals surface area contributed by atoms with Gasteiger partial charge in [-0.3, -0.25) is 0 Å². The summed E-state index contributed by atoms with van der Waals surface area (Å²) in [4.78, 5) is 12.2. The van der Waals surface area contributed by atoms with Crippen LogP contribution in [0.4, 0.5) is 0 Å². The smallest absolute Gasteiger partial charge is 0.331 e. The topological polar surface area (TPSA) is 63.7 Å². The van der Waals surface area contributed by atoms with E-state index >= 15 is 0 Å². The van der Waals surface area contributed by atoms with Crippen LogP contribution in [0.5, 0.6) is 0 Å². The predicted molar refractivity (Wildman–Crippen MR) is 109 cm³/mol. The summed E-state index contributed by atoms with van der Waals surface area (Å²) < 4.78 is 32.8. The molecule has 6 heteroatoms. The average molecular weight is 402 g/mol. The minimum Gasteiger partial charge on any atom is -0.463 e. The second-order valence-corrected chi connectivity index (χ2v) is 9.60. The molecule has 0 radical (unpaired) electrons. The minimum atomic E-state index is -3.60. The van der Waals surface area contributed by atoms with Crippen LogP contribution in [0.15, 0.2) is 64.6 Å². The number of benzene rings is 1. The zero-order valence-corrected chi connectivity index (χ0v) is 17.5. The van der Waals surface area contributed by atoms with Crippen molar-refractivity contribution in [1.82, 2.24) is 4.31 Å². The Bertz CT molecular complexity index is 957. The van der Waals surface area contributed by atoms with Gasteiger partial charge in [-0.05, 0) is 50.0 Å². The lowest BCUT2D eigenvalue weighted by atomic mass is 9.78. The molecule has 0 unspecified atom stereocenters. The van der Waals surface area contributed by atoms with E-state index in [4.69, 9.17) is 4.74 Å². The van der Waals surface area contributed by atoms with Crippen LogP contribution < -0.4 is 0 Å². The lowest BCUT2D eigenvalue weighted by Crippen LogP contribution is -2.31. The van der Waals surface area contributed by atoms with Crippen LogP contribution in [0.25, 0.3) is 0 Å². The molecule has 1 aromatic rings. The van der Waals surface area contributed by atoms with Gasteiger partial charge in [0.1, 0.15) is 0 Å². The van der Waals surface area contributed by atoms with Gasteiger partial charge in [-0.2, -0.15) is 4.31 Å². The Hall–Kier alpha value is -2.18. The lowest BCUT2D eigenvalue weighted by Gasteiger charge is -2.27. The van der Waals surface area contributed by atoms with E-state index in [2.05, 4.69) is 6.58 Å². The minimum absolute atomic E-state index is 0.298. The van der Waals surface area contributed by atoms with Gasteiger partial charge in [-0.25, -0.2) is 13.2 Å². The molecule has 1 heterocycles. The van der Waals surface area contributed by atoms with Crippen molar-refractivity contribution in [3.8, 4) is 0 Å². The molecule has 1 saturated heterocycles. The molecule has 0 aromatic heterocycles. The second-order valence-electron chi connectivity index (χ2n) is 7.66. The molecule has 0 bridgehead atoms. The third kappa shape index (κ3) is 3.84.